The second kappa shape index (κ2) is 12.7. The lowest BCUT2D eigenvalue weighted by Crippen LogP contribution is -2.52. The molecule has 0 aliphatic carbocycles. The molecule has 2 aromatic heterocycles. The number of carbonyl (C=O) groups is 3. The smallest absolute Gasteiger partial charge is 0.349 e. The molecule has 1 atom stereocenters. The van der Waals surface area contributed by atoms with Crippen LogP contribution in [0.5, 0.6) is 0 Å². The van der Waals surface area contributed by atoms with Gasteiger partial charge in [0, 0.05) is 25.3 Å². The first-order valence-electron chi connectivity index (χ1n) is 13.3. The number of likely N-dealkylation sites (tertiary alicyclic amines) is 1. The van der Waals surface area contributed by atoms with Crippen LogP contribution < -0.4 is 22.0 Å². The van der Waals surface area contributed by atoms with Gasteiger partial charge in [-0.1, -0.05) is 41.4 Å². The number of amides is 3. The molecular formula is C28H27Cl2N7O6. The number of aromatic nitrogens is 4. The molecule has 43 heavy (non-hydrogen) atoms. The summed E-state index contributed by atoms with van der Waals surface area (Å²) in [5.41, 5.74) is 0.600. The van der Waals surface area contributed by atoms with Gasteiger partial charge in [-0.3, -0.25) is 13.9 Å². The number of H-pyrrole nitrogens is 1. The van der Waals surface area contributed by atoms with Crippen molar-refractivity contribution < 1.29 is 19.1 Å². The van der Waals surface area contributed by atoms with Crippen LogP contribution in [0.2, 0.25) is 10.0 Å². The maximum Gasteiger partial charge on any atom is 0.349 e. The highest BCUT2D eigenvalue weighted by Gasteiger charge is 2.29. The molecule has 0 radical (unpaired) electrons. The van der Waals surface area contributed by atoms with Gasteiger partial charge >= 0.3 is 23.4 Å². The van der Waals surface area contributed by atoms with E-state index in [-0.39, 0.29) is 39.7 Å². The van der Waals surface area contributed by atoms with Gasteiger partial charge in [0.05, 0.1) is 40.3 Å². The third-order valence-corrected chi connectivity index (χ3v) is 7.84. The summed E-state index contributed by atoms with van der Waals surface area (Å²) in [6.07, 6.45) is 2.40. The van der Waals surface area contributed by atoms with Crippen LogP contribution in [0.25, 0.3) is 11.0 Å². The van der Waals surface area contributed by atoms with Gasteiger partial charge in [-0.2, -0.15) is 4.98 Å². The maximum absolute atomic E-state index is 13.1. The van der Waals surface area contributed by atoms with Crippen LogP contribution in [-0.4, -0.2) is 68.2 Å². The van der Waals surface area contributed by atoms with Crippen molar-refractivity contribution in [2.24, 2.45) is 0 Å². The SMILES string of the molecule is COC(=O)[C@H](Cn1ccc(NC(=O)c2c(Cl)cccc2Cl)nc1=O)NC(=O)N1CCC(n2c(=O)[nH]c3ccccc32)CC1. The Kier molecular flexibility index (Phi) is 8.83. The van der Waals surface area contributed by atoms with Crippen molar-refractivity contribution >= 4 is 58.0 Å². The summed E-state index contributed by atoms with van der Waals surface area (Å²) in [6, 6.07) is 11.6. The topological polar surface area (TPSA) is 160 Å². The number of imidazole rings is 1. The number of nitrogens with zero attached hydrogens (tertiary/aromatic N) is 4. The molecule has 0 bridgehead atoms. The number of rotatable bonds is 7. The Morgan fingerprint density at radius 2 is 1.74 bits per heavy atom. The van der Waals surface area contributed by atoms with Crippen LogP contribution in [0, 0.1) is 0 Å². The average molecular weight is 628 g/mol. The molecule has 1 saturated heterocycles. The largest absolute Gasteiger partial charge is 0.467 e. The molecule has 3 N–H and O–H groups in total. The number of urea groups is 1. The lowest BCUT2D eigenvalue weighted by molar-refractivity contribution is -0.143. The van der Waals surface area contributed by atoms with Crippen LogP contribution in [0.1, 0.15) is 29.2 Å². The van der Waals surface area contributed by atoms with Crippen molar-refractivity contribution in [1.29, 1.82) is 0 Å². The summed E-state index contributed by atoms with van der Waals surface area (Å²) < 4.78 is 7.67. The molecule has 1 fully saturated rings. The van der Waals surface area contributed by atoms with Crippen molar-refractivity contribution in [2.75, 3.05) is 25.5 Å². The molecule has 3 amide bonds. The quantitative estimate of drug-likeness (QED) is 0.265. The molecule has 0 unspecified atom stereocenters. The molecule has 4 aromatic rings. The highest BCUT2D eigenvalue weighted by Crippen LogP contribution is 2.26. The highest BCUT2D eigenvalue weighted by atomic mass is 35.5. The number of carbonyl (C=O) groups excluding carboxylic acids is 3. The second-order valence-electron chi connectivity index (χ2n) is 9.86. The summed E-state index contributed by atoms with van der Waals surface area (Å²) >= 11 is 12.1. The number of anilines is 1. The van der Waals surface area contributed by atoms with Crippen molar-refractivity contribution in [3.8, 4) is 0 Å². The fraction of sp³-hybridized carbons (Fsp3) is 0.286. The Bertz CT molecular complexity index is 1790. The van der Waals surface area contributed by atoms with Gasteiger partial charge in [-0.15, -0.1) is 0 Å². The molecule has 224 valence electrons. The highest BCUT2D eigenvalue weighted by molar-refractivity contribution is 6.40. The summed E-state index contributed by atoms with van der Waals surface area (Å²) in [4.78, 5) is 71.8. The molecule has 1 aliphatic heterocycles. The van der Waals surface area contributed by atoms with Gasteiger partial charge in [0.2, 0.25) is 0 Å². The van der Waals surface area contributed by atoms with Crippen LogP contribution in [0.4, 0.5) is 10.6 Å². The standard InChI is InChI=1S/C28H27Cl2N7O6/c1-43-25(39)20(15-36-14-11-22(34-27(36)41)33-24(38)23-17(29)5-4-6-18(23)30)32-26(40)35-12-9-16(10-13-35)37-21-8-3-2-7-19(21)31-28(37)42/h2-8,11,14,16,20H,9-10,12-13,15H2,1H3,(H,31,42)(H,32,40)(H,33,34,38,41)/t20-/m0/s1. The van der Waals surface area contributed by atoms with Gasteiger partial charge in [0.25, 0.3) is 5.91 Å². The lowest BCUT2D eigenvalue weighted by atomic mass is 10.0. The van der Waals surface area contributed by atoms with E-state index in [2.05, 4.69) is 20.6 Å². The number of hydrogen-bond acceptors (Lipinski definition) is 7. The predicted molar refractivity (Wildman–Crippen MR) is 160 cm³/mol. The molecule has 1 aliphatic rings. The van der Waals surface area contributed by atoms with Gasteiger partial charge < -0.3 is 25.3 Å². The predicted octanol–water partition coefficient (Wildman–Crippen LogP) is 3.03. The normalized spacial score (nSPS) is 14.3. The third-order valence-electron chi connectivity index (χ3n) is 7.21. The molecule has 5 rings (SSSR count). The number of hydrogen-bond donors (Lipinski definition) is 3. The first-order valence-corrected chi connectivity index (χ1v) is 14.1. The maximum atomic E-state index is 13.1. The molecule has 13 nitrogen and oxygen atoms in total. The van der Waals surface area contributed by atoms with E-state index < -0.39 is 29.6 Å². The molecule has 0 spiro atoms. The van der Waals surface area contributed by atoms with Crippen molar-refractivity contribution in [3.05, 3.63) is 91.3 Å². The number of piperidine rings is 1. The number of nitrogens with one attached hydrogen (secondary N) is 3. The van der Waals surface area contributed by atoms with Gasteiger partial charge in [-0.05, 0) is 43.2 Å². The van der Waals surface area contributed by atoms with Crippen molar-refractivity contribution in [3.63, 3.8) is 0 Å². The van der Waals surface area contributed by atoms with Crippen LogP contribution in [-0.2, 0) is 16.1 Å². The first-order chi connectivity index (χ1) is 20.7. The van der Waals surface area contributed by atoms with E-state index in [0.29, 0.717) is 25.9 Å². The summed E-state index contributed by atoms with van der Waals surface area (Å²) in [5.74, 6) is -1.47. The Morgan fingerprint density at radius 1 is 1.05 bits per heavy atom. The number of benzene rings is 2. The number of para-hydroxylation sites is 2. The molecule has 3 heterocycles. The van der Waals surface area contributed by atoms with Gasteiger partial charge in [0.1, 0.15) is 11.9 Å². The van der Waals surface area contributed by atoms with Gasteiger partial charge in [-0.25, -0.2) is 19.2 Å². The van der Waals surface area contributed by atoms with E-state index in [4.69, 9.17) is 27.9 Å². The van der Waals surface area contributed by atoms with E-state index >= 15 is 0 Å². The summed E-state index contributed by atoms with van der Waals surface area (Å²) in [7, 11) is 1.17. The minimum Gasteiger partial charge on any atom is -0.467 e. The Balaban J connectivity index is 1.22. The Hall–Kier alpha value is -4.62. The van der Waals surface area contributed by atoms with E-state index in [1.807, 2.05) is 24.3 Å². The molecule has 2 aromatic carbocycles. The van der Waals surface area contributed by atoms with E-state index in [1.165, 1.54) is 31.5 Å². The first kappa shape index (κ1) is 29.9. The fourth-order valence-electron chi connectivity index (χ4n) is 5.05. The zero-order chi connectivity index (χ0) is 30.7. The lowest BCUT2D eigenvalue weighted by Gasteiger charge is -2.33. The third kappa shape index (κ3) is 6.42. The van der Waals surface area contributed by atoms with E-state index in [1.54, 1.807) is 15.5 Å². The number of halogens is 2. The Labute approximate surface area is 254 Å². The van der Waals surface area contributed by atoms with Crippen LogP contribution >= 0.6 is 23.2 Å². The summed E-state index contributed by atoms with van der Waals surface area (Å²) in [5, 5.41) is 5.37. The van der Waals surface area contributed by atoms with E-state index in [0.717, 1.165) is 15.6 Å². The molecular weight excluding hydrogens is 601 g/mol. The van der Waals surface area contributed by atoms with Crippen molar-refractivity contribution in [1.82, 2.24) is 29.3 Å². The zero-order valence-electron chi connectivity index (χ0n) is 22.9. The number of fused-ring (bicyclic) bond motifs is 1. The summed E-state index contributed by atoms with van der Waals surface area (Å²) in [6.45, 7) is 0.430. The Morgan fingerprint density at radius 3 is 2.42 bits per heavy atom. The van der Waals surface area contributed by atoms with E-state index in [9.17, 15) is 24.0 Å². The fourth-order valence-corrected chi connectivity index (χ4v) is 5.62. The van der Waals surface area contributed by atoms with Crippen molar-refractivity contribution in [2.45, 2.75) is 31.5 Å². The number of ether oxygens (including phenoxy) is 1. The average Bonchev–Trinajstić information content (AvgIpc) is 3.33. The van der Waals surface area contributed by atoms with Crippen LogP contribution in [0.3, 0.4) is 0 Å². The monoisotopic (exact) mass is 627 g/mol. The minimum absolute atomic E-state index is 0.0304. The number of aromatic amines is 1. The minimum atomic E-state index is -1.20. The van der Waals surface area contributed by atoms with Crippen LogP contribution in [0.15, 0.2) is 64.3 Å². The zero-order valence-corrected chi connectivity index (χ0v) is 24.4. The number of methoxy groups -OCH3 is 1. The van der Waals surface area contributed by atoms with Gasteiger partial charge in [0.15, 0.2) is 0 Å². The molecule has 15 heteroatoms. The molecule has 0 saturated carbocycles. The second-order valence-corrected chi connectivity index (χ2v) is 10.7. The number of esters is 1.